The van der Waals surface area contributed by atoms with E-state index in [2.05, 4.69) is 17.1 Å². The smallest absolute Gasteiger partial charge is 0.237 e. The van der Waals surface area contributed by atoms with Crippen LogP contribution < -0.4 is 11.1 Å². The Labute approximate surface area is 126 Å². The van der Waals surface area contributed by atoms with E-state index in [-0.39, 0.29) is 11.7 Å². The van der Waals surface area contributed by atoms with Gasteiger partial charge in [-0.3, -0.25) is 9.69 Å². The highest BCUT2D eigenvalue weighted by Gasteiger charge is 2.24. The van der Waals surface area contributed by atoms with E-state index in [1.165, 1.54) is 6.42 Å². The zero-order valence-corrected chi connectivity index (χ0v) is 12.6. The summed E-state index contributed by atoms with van der Waals surface area (Å²) < 4.78 is 0. The Balaban J connectivity index is 1.78. The summed E-state index contributed by atoms with van der Waals surface area (Å²) in [7, 11) is 0. The van der Waals surface area contributed by atoms with Crippen LogP contribution in [0.25, 0.3) is 0 Å². The molecule has 1 aromatic carbocycles. The van der Waals surface area contributed by atoms with Crippen LogP contribution >= 0.6 is 0 Å². The average molecular weight is 291 g/mol. The third kappa shape index (κ3) is 4.44. The minimum absolute atomic E-state index is 0.106. The molecule has 1 saturated heterocycles. The molecule has 2 atom stereocenters. The van der Waals surface area contributed by atoms with Gasteiger partial charge in [-0.15, -0.1) is 0 Å². The number of hydrogen-bond acceptors (Lipinski definition) is 4. The molecule has 0 aromatic heterocycles. The quantitative estimate of drug-likeness (QED) is 0.726. The van der Waals surface area contributed by atoms with Crippen molar-refractivity contribution in [3.63, 3.8) is 0 Å². The second-order valence-corrected chi connectivity index (χ2v) is 5.65. The van der Waals surface area contributed by atoms with Crippen molar-refractivity contribution in [2.45, 2.75) is 38.3 Å². The highest BCUT2D eigenvalue weighted by Crippen LogP contribution is 2.15. The number of carbonyl (C=O) groups is 1. The Bertz CT molecular complexity index is 461. The van der Waals surface area contributed by atoms with Gasteiger partial charge >= 0.3 is 0 Å². The van der Waals surface area contributed by atoms with Crippen LogP contribution in [-0.2, 0) is 11.2 Å². The van der Waals surface area contributed by atoms with Crippen LogP contribution in [0, 0.1) is 0 Å². The molecule has 0 aliphatic carbocycles. The van der Waals surface area contributed by atoms with Crippen LogP contribution in [0.15, 0.2) is 24.3 Å². The van der Waals surface area contributed by atoms with Crippen LogP contribution in [0.2, 0.25) is 0 Å². The van der Waals surface area contributed by atoms with Gasteiger partial charge in [-0.1, -0.05) is 19.1 Å². The number of likely N-dealkylation sites (tertiary alicyclic amines) is 1. The van der Waals surface area contributed by atoms with Crippen molar-refractivity contribution in [1.29, 1.82) is 0 Å². The van der Waals surface area contributed by atoms with Crippen molar-refractivity contribution in [3.8, 4) is 5.75 Å². The lowest BCUT2D eigenvalue weighted by molar-refractivity contribution is -0.122. The molecule has 4 N–H and O–H groups in total. The van der Waals surface area contributed by atoms with Crippen LogP contribution in [0.4, 0.5) is 0 Å². The molecular weight excluding hydrogens is 266 g/mol. The number of carbonyl (C=O) groups excluding carboxylic acids is 1. The molecule has 116 valence electrons. The van der Waals surface area contributed by atoms with Gasteiger partial charge in [0, 0.05) is 12.6 Å². The maximum absolute atomic E-state index is 12.1. The summed E-state index contributed by atoms with van der Waals surface area (Å²) in [6.07, 6.45) is 2.82. The Morgan fingerprint density at radius 2 is 2.19 bits per heavy atom. The number of phenolic OH excluding ortho intramolecular Hbond substituents is 1. The minimum Gasteiger partial charge on any atom is -0.508 e. The maximum Gasteiger partial charge on any atom is 0.237 e. The van der Waals surface area contributed by atoms with E-state index in [1.807, 2.05) is 0 Å². The van der Waals surface area contributed by atoms with Crippen molar-refractivity contribution >= 4 is 5.91 Å². The Hall–Kier alpha value is -1.59. The fraction of sp³-hybridized carbons (Fsp3) is 0.562. The van der Waals surface area contributed by atoms with Gasteiger partial charge < -0.3 is 16.2 Å². The van der Waals surface area contributed by atoms with Gasteiger partial charge in [0.2, 0.25) is 5.91 Å². The first-order valence-corrected chi connectivity index (χ1v) is 7.65. The van der Waals surface area contributed by atoms with E-state index in [0.717, 1.165) is 25.1 Å². The number of nitrogens with two attached hydrogens (primary N) is 1. The molecule has 1 aliphatic rings. The van der Waals surface area contributed by atoms with Crippen LogP contribution in [0.5, 0.6) is 5.75 Å². The summed E-state index contributed by atoms with van der Waals surface area (Å²) >= 11 is 0. The molecule has 1 heterocycles. The first-order chi connectivity index (χ1) is 10.1. The molecule has 5 nitrogen and oxygen atoms in total. The Kier molecular flexibility index (Phi) is 5.59. The Morgan fingerprint density at radius 1 is 1.48 bits per heavy atom. The number of nitrogens with one attached hydrogen (secondary N) is 1. The van der Waals surface area contributed by atoms with E-state index in [0.29, 0.717) is 19.0 Å². The van der Waals surface area contributed by atoms with E-state index in [1.54, 1.807) is 24.3 Å². The number of benzene rings is 1. The third-order valence-electron chi connectivity index (χ3n) is 4.15. The zero-order valence-electron chi connectivity index (χ0n) is 12.6. The summed E-state index contributed by atoms with van der Waals surface area (Å²) in [6.45, 7) is 4.98. The molecule has 1 amide bonds. The number of likely N-dealkylation sites (N-methyl/N-ethyl adjacent to an activating group) is 1. The molecule has 2 unspecified atom stereocenters. The van der Waals surface area contributed by atoms with Crippen molar-refractivity contribution in [2.75, 3.05) is 19.6 Å². The molecule has 0 saturated carbocycles. The number of hydrogen-bond donors (Lipinski definition) is 3. The summed E-state index contributed by atoms with van der Waals surface area (Å²) in [5, 5.41) is 12.2. The average Bonchev–Trinajstić information content (AvgIpc) is 2.94. The second kappa shape index (κ2) is 7.43. The van der Waals surface area contributed by atoms with E-state index in [9.17, 15) is 9.90 Å². The lowest BCUT2D eigenvalue weighted by Gasteiger charge is -2.23. The van der Waals surface area contributed by atoms with Crippen molar-refractivity contribution in [1.82, 2.24) is 10.2 Å². The van der Waals surface area contributed by atoms with E-state index in [4.69, 9.17) is 5.73 Å². The predicted molar refractivity (Wildman–Crippen MR) is 83.1 cm³/mol. The highest BCUT2D eigenvalue weighted by atomic mass is 16.3. The second-order valence-electron chi connectivity index (χ2n) is 5.65. The van der Waals surface area contributed by atoms with Gasteiger partial charge in [0.1, 0.15) is 5.75 Å². The first kappa shape index (κ1) is 15.8. The topological polar surface area (TPSA) is 78.6 Å². The largest absolute Gasteiger partial charge is 0.508 e. The van der Waals surface area contributed by atoms with Crippen LogP contribution in [0.1, 0.15) is 25.3 Å². The SMILES string of the molecule is CCN1CCCC1CNC(=O)C(N)Cc1ccc(O)cc1. The normalized spacial score (nSPS) is 20.4. The van der Waals surface area contributed by atoms with Crippen LogP contribution in [0.3, 0.4) is 0 Å². The minimum atomic E-state index is -0.550. The number of nitrogens with zero attached hydrogens (tertiary/aromatic N) is 1. The predicted octanol–water partition coefficient (Wildman–Crippen LogP) is 0.863. The molecule has 21 heavy (non-hydrogen) atoms. The van der Waals surface area contributed by atoms with Crippen molar-refractivity contribution in [3.05, 3.63) is 29.8 Å². The molecule has 5 heteroatoms. The van der Waals surface area contributed by atoms with Gasteiger partial charge in [0.05, 0.1) is 6.04 Å². The van der Waals surface area contributed by atoms with Crippen LogP contribution in [-0.4, -0.2) is 47.6 Å². The van der Waals surface area contributed by atoms with Crippen molar-refractivity contribution < 1.29 is 9.90 Å². The fourth-order valence-electron chi connectivity index (χ4n) is 2.87. The lowest BCUT2D eigenvalue weighted by atomic mass is 10.1. The lowest BCUT2D eigenvalue weighted by Crippen LogP contribution is -2.47. The number of amides is 1. The van der Waals surface area contributed by atoms with Crippen molar-refractivity contribution in [2.24, 2.45) is 5.73 Å². The van der Waals surface area contributed by atoms with E-state index < -0.39 is 6.04 Å². The monoisotopic (exact) mass is 291 g/mol. The molecular formula is C16H25N3O2. The molecule has 2 rings (SSSR count). The summed E-state index contributed by atoms with van der Waals surface area (Å²) in [5.74, 6) is 0.115. The molecule has 0 radical (unpaired) electrons. The van der Waals surface area contributed by atoms with Gasteiger partial charge in [-0.2, -0.15) is 0 Å². The third-order valence-corrected chi connectivity index (χ3v) is 4.15. The van der Waals surface area contributed by atoms with Gasteiger partial charge in [0.15, 0.2) is 0 Å². The maximum atomic E-state index is 12.1. The molecule has 1 aliphatic heterocycles. The highest BCUT2D eigenvalue weighted by molar-refractivity contribution is 5.81. The van der Waals surface area contributed by atoms with Gasteiger partial charge in [-0.25, -0.2) is 0 Å². The molecule has 1 aromatic rings. The van der Waals surface area contributed by atoms with Gasteiger partial charge in [-0.05, 0) is 50.0 Å². The summed E-state index contributed by atoms with van der Waals surface area (Å²) in [5.41, 5.74) is 6.90. The molecule has 0 spiro atoms. The number of rotatable bonds is 6. The number of aromatic hydroxyl groups is 1. The molecule has 1 fully saturated rings. The number of phenols is 1. The fourth-order valence-corrected chi connectivity index (χ4v) is 2.87. The van der Waals surface area contributed by atoms with Gasteiger partial charge in [0.25, 0.3) is 0 Å². The first-order valence-electron chi connectivity index (χ1n) is 7.65. The summed E-state index contributed by atoms with van der Waals surface area (Å²) in [4.78, 5) is 14.5. The zero-order chi connectivity index (χ0) is 15.2. The van der Waals surface area contributed by atoms with E-state index >= 15 is 0 Å². The molecule has 0 bridgehead atoms. The summed E-state index contributed by atoms with van der Waals surface area (Å²) in [6, 6.07) is 6.69. The Morgan fingerprint density at radius 3 is 2.86 bits per heavy atom. The standard InChI is InChI=1S/C16H25N3O2/c1-2-19-9-3-4-13(19)11-18-16(21)15(17)10-12-5-7-14(20)8-6-12/h5-8,13,15,20H,2-4,9-11,17H2,1H3,(H,18,21).